The summed E-state index contributed by atoms with van der Waals surface area (Å²) in [5, 5.41) is 5.69. The Balaban J connectivity index is 1.37. The van der Waals surface area contributed by atoms with Crippen LogP contribution in [0.5, 0.6) is 11.5 Å². The van der Waals surface area contributed by atoms with Gasteiger partial charge in [-0.1, -0.05) is 59.6 Å². The zero-order valence-electron chi connectivity index (χ0n) is 19.1. The number of anilines is 1. The van der Waals surface area contributed by atoms with E-state index in [4.69, 9.17) is 32.7 Å². The lowest BCUT2D eigenvalue weighted by molar-refractivity contribution is -0.113. The van der Waals surface area contributed by atoms with Gasteiger partial charge < -0.3 is 14.8 Å². The van der Waals surface area contributed by atoms with Crippen molar-refractivity contribution >= 4 is 57.7 Å². The number of fused-ring (bicyclic) bond motifs is 1. The summed E-state index contributed by atoms with van der Waals surface area (Å²) in [4.78, 5) is 26.4. The Kier molecular flexibility index (Phi) is 6.55. The number of ether oxygens (including phenoxy) is 2. The zero-order chi connectivity index (χ0) is 25.2. The number of imide groups is 1. The lowest BCUT2D eigenvalue weighted by Crippen LogP contribution is -2.30. The molecule has 6 nitrogen and oxygen atoms in total. The molecule has 1 N–H and O–H groups in total. The second-order valence-electron chi connectivity index (χ2n) is 8.11. The minimum atomic E-state index is -0.554. The molecule has 8 heteroatoms. The molecule has 1 heterocycles. The molecule has 1 fully saturated rings. The fourth-order valence-corrected chi connectivity index (χ4v) is 4.37. The van der Waals surface area contributed by atoms with Crippen LogP contribution in [0.2, 0.25) is 10.0 Å². The van der Waals surface area contributed by atoms with Gasteiger partial charge in [0.05, 0.1) is 17.8 Å². The van der Waals surface area contributed by atoms with Crippen molar-refractivity contribution < 1.29 is 19.1 Å². The quantitative estimate of drug-likeness (QED) is 0.224. The second kappa shape index (κ2) is 9.93. The van der Waals surface area contributed by atoms with E-state index in [1.807, 2.05) is 30.3 Å². The average molecular weight is 519 g/mol. The minimum absolute atomic E-state index is 0.109. The maximum Gasteiger partial charge on any atom is 0.333 e. The number of methoxy groups -OCH3 is 1. The average Bonchev–Trinajstić information content (AvgIpc) is 3.15. The van der Waals surface area contributed by atoms with Crippen molar-refractivity contribution in [2.45, 2.75) is 6.61 Å². The summed E-state index contributed by atoms with van der Waals surface area (Å²) in [7, 11) is 1.51. The van der Waals surface area contributed by atoms with E-state index in [0.717, 1.165) is 21.2 Å². The fourth-order valence-electron chi connectivity index (χ4n) is 3.97. The van der Waals surface area contributed by atoms with Crippen LogP contribution in [-0.4, -0.2) is 19.0 Å². The number of rotatable bonds is 6. The molecule has 1 aliphatic heterocycles. The Bertz CT molecular complexity index is 1520. The van der Waals surface area contributed by atoms with Crippen molar-refractivity contribution in [1.82, 2.24) is 5.32 Å². The molecule has 4 aromatic carbocycles. The first-order valence-electron chi connectivity index (χ1n) is 11.0. The molecule has 0 bridgehead atoms. The zero-order valence-corrected chi connectivity index (χ0v) is 20.6. The van der Waals surface area contributed by atoms with Crippen LogP contribution in [-0.2, 0) is 11.4 Å². The molecule has 0 radical (unpaired) electrons. The summed E-state index contributed by atoms with van der Waals surface area (Å²) >= 11 is 12.4. The highest BCUT2D eigenvalue weighted by atomic mass is 35.5. The number of hydrogen-bond donors (Lipinski definition) is 1. The second-order valence-corrected chi connectivity index (χ2v) is 8.95. The third kappa shape index (κ3) is 4.73. The van der Waals surface area contributed by atoms with Gasteiger partial charge >= 0.3 is 6.03 Å². The number of halogens is 2. The van der Waals surface area contributed by atoms with E-state index >= 15 is 0 Å². The molecule has 3 amide bonds. The van der Waals surface area contributed by atoms with Crippen molar-refractivity contribution in [3.63, 3.8) is 0 Å². The SMILES string of the molecule is COc1cc(/C=C2/NC(=O)N(c3ccc(Cl)cc3)C2=O)cc(Cl)c1OCc1ccc2ccccc2c1. The molecule has 180 valence electrons. The highest BCUT2D eigenvalue weighted by Crippen LogP contribution is 2.38. The van der Waals surface area contributed by atoms with Gasteiger partial charge in [0, 0.05) is 5.02 Å². The molecular formula is C28H20Cl2N2O4. The summed E-state index contributed by atoms with van der Waals surface area (Å²) in [5.41, 5.74) is 2.08. The summed E-state index contributed by atoms with van der Waals surface area (Å²) in [6.07, 6.45) is 1.54. The standard InChI is InChI=1S/C28H20Cl2N2O4/c1-35-25-15-18(14-24-27(33)32(28(34)31-24)22-10-8-21(29)9-11-22)13-23(30)26(25)36-16-17-6-7-19-4-2-3-5-20(19)12-17/h2-15H,16H2,1H3,(H,31,34)/b24-14+. The molecule has 0 unspecified atom stereocenters. The Morgan fingerprint density at radius 3 is 2.42 bits per heavy atom. The maximum atomic E-state index is 12.9. The normalized spacial score (nSPS) is 14.4. The lowest BCUT2D eigenvalue weighted by Gasteiger charge is -2.14. The maximum absolute atomic E-state index is 12.9. The number of amides is 3. The van der Waals surface area contributed by atoms with Crippen LogP contribution < -0.4 is 19.7 Å². The van der Waals surface area contributed by atoms with Gasteiger partial charge in [-0.25, -0.2) is 9.69 Å². The van der Waals surface area contributed by atoms with Gasteiger partial charge in [-0.2, -0.15) is 0 Å². The molecule has 5 rings (SSSR count). The fraction of sp³-hybridized carbons (Fsp3) is 0.0714. The predicted octanol–water partition coefficient (Wildman–Crippen LogP) is 6.83. The predicted molar refractivity (Wildman–Crippen MR) is 142 cm³/mol. The number of urea groups is 1. The summed E-state index contributed by atoms with van der Waals surface area (Å²) in [6.45, 7) is 0.298. The molecule has 4 aromatic rings. The Labute approximate surface area is 217 Å². The highest BCUT2D eigenvalue weighted by molar-refractivity contribution is 6.33. The first-order valence-corrected chi connectivity index (χ1v) is 11.8. The van der Waals surface area contributed by atoms with E-state index in [-0.39, 0.29) is 5.70 Å². The van der Waals surface area contributed by atoms with Crippen molar-refractivity contribution in [3.8, 4) is 11.5 Å². The molecule has 0 atom stereocenters. The number of benzene rings is 4. The third-order valence-electron chi connectivity index (χ3n) is 5.72. The highest BCUT2D eigenvalue weighted by Gasteiger charge is 2.34. The van der Waals surface area contributed by atoms with Gasteiger partial charge in [-0.15, -0.1) is 0 Å². The van der Waals surface area contributed by atoms with E-state index in [1.54, 1.807) is 36.4 Å². The topological polar surface area (TPSA) is 67.9 Å². The summed E-state index contributed by atoms with van der Waals surface area (Å²) in [5.74, 6) is 0.301. The van der Waals surface area contributed by atoms with Gasteiger partial charge in [0.15, 0.2) is 11.5 Å². The van der Waals surface area contributed by atoms with Gasteiger partial charge in [0.25, 0.3) is 5.91 Å². The molecule has 1 aliphatic rings. The summed E-state index contributed by atoms with van der Waals surface area (Å²) in [6, 6.07) is 23.4. The van der Waals surface area contributed by atoms with Gasteiger partial charge in [0.2, 0.25) is 0 Å². The molecule has 1 saturated heterocycles. The van der Waals surface area contributed by atoms with E-state index in [1.165, 1.54) is 13.2 Å². The number of carbonyl (C=O) groups excluding carboxylic acids is 2. The van der Waals surface area contributed by atoms with Gasteiger partial charge in [0.1, 0.15) is 12.3 Å². The summed E-state index contributed by atoms with van der Waals surface area (Å²) < 4.78 is 11.5. The largest absolute Gasteiger partial charge is 0.493 e. The monoisotopic (exact) mass is 518 g/mol. The molecule has 0 aliphatic carbocycles. The molecule has 36 heavy (non-hydrogen) atoms. The van der Waals surface area contributed by atoms with Crippen molar-refractivity contribution in [1.29, 1.82) is 0 Å². The number of nitrogens with one attached hydrogen (secondary N) is 1. The molecule has 0 saturated carbocycles. The first kappa shape index (κ1) is 23.7. The van der Waals surface area contributed by atoms with Crippen LogP contribution in [0.25, 0.3) is 16.8 Å². The first-order chi connectivity index (χ1) is 17.4. The van der Waals surface area contributed by atoms with Gasteiger partial charge in [-0.05, 0) is 70.4 Å². The van der Waals surface area contributed by atoms with E-state index in [2.05, 4.69) is 17.4 Å². The minimum Gasteiger partial charge on any atom is -0.493 e. The van der Waals surface area contributed by atoms with Crippen molar-refractivity contribution in [2.75, 3.05) is 12.0 Å². The third-order valence-corrected chi connectivity index (χ3v) is 6.26. The molecular weight excluding hydrogens is 499 g/mol. The van der Waals surface area contributed by atoms with Crippen LogP contribution in [0.1, 0.15) is 11.1 Å². The van der Waals surface area contributed by atoms with Crippen LogP contribution >= 0.6 is 23.2 Å². The lowest BCUT2D eigenvalue weighted by atomic mass is 10.1. The Morgan fingerprint density at radius 1 is 0.917 bits per heavy atom. The van der Waals surface area contributed by atoms with Crippen LogP contribution in [0, 0.1) is 0 Å². The number of carbonyl (C=O) groups is 2. The van der Waals surface area contributed by atoms with Gasteiger partial charge in [-0.3, -0.25) is 4.79 Å². The Hall–Kier alpha value is -4.00. The van der Waals surface area contributed by atoms with Crippen molar-refractivity contribution in [3.05, 3.63) is 106 Å². The van der Waals surface area contributed by atoms with Crippen LogP contribution in [0.4, 0.5) is 10.5 Å². The van der Waals surface area contributed by atoms with Crippen LogP contribution in [0.3, 0.4) is 0 Å². The molecule has 0 aromatic heterocycles. The number of nitrogens with zero attached hydrogens (tertiary/aromatic N) is 1. The Morgan fingerprint density at radius 2 is 1.67 bits per heavy atom. The van der Waals surface area contributed by atoms with Crippen LogP contribution in [0.15, 0.2) is 84.6 Å². The van der Waals surface area contributed by atoms with E-state index in [0.29, 0.717) is 39.4 Å². The molecule has 0 spiro atoms. The van der Waals surface area contributed by atoms with E-state index < -0.39 is 11.9 Å². The van der Waals surface area contributed by atoms with Crippen molar-refractivity contribution in [2.24, 2.45) is 0 Å². The van der Waals surface area contributed by atoms with E-state index in [9.17, 15) is 9.59 Å². The smallest absolute Gasteiger partial charge is 0.333 e. The number of hydrogen-bond acceptors (Lipinski definition) is 4.